The van der Waals surface area contributed by atoms with Gasteiger partial charge in [0, 0.05) is 0 Å². The van der Waals surface area contributed by atoms with E-state index in [1.165, 1.54) is 19.3 Å². The standard InChI is InChI=1S/C11H22.C11H20/c2*1-8-6-7-11(4,5)10(3)9(8)2/h8-10H,6-7H2,1-5H3;6,9-10H,7H2,1-5H3. The third kappa shape index (κ3) is 4.39. The van der Waals surface area contributed by atoms with E-state index in [4.69, 9.17) is 0 Å². The molecule has 0 aromatic carbocycles. The van der Waals surface area contributed by atoms with Gasteiger partial charge in [-0.05, 0) is 66.6 Å². The minimum atomic E-state index is 0.513. The lowest BCUT2D eigenvalue weighted by Crippen LogP contribution is -2.35. The highest BCUT2D eigenvalue weighted by Gasteiger charge is 2.36. The number of hydrogen-bond donors (Lipinski definition) is 0. The SMILES string of the molecule is CC1=CCC(C)(C)C(C)C1C.CC1CCC(C)(C)C(C)C1C. The first-order valence-corrected chi connectivity index (χ1v) is 9.57. The topological polar surface area (TPSA) is 0 Å². The minimum Gasteiger partial charge on any atom is -0.0848 e. The monoisotopic (exact) mass is 306 g/mol. The average molecular weight is 307 g/mol. The first-order valence-electron chi connectivity index (χ1n) is 9.57. The maximum atomic E-state index is 2.42. The normalized spacial score (nSPS) is 40.3. The maximum absolute atomic E-state index is 2.42. The van der Waals surface area contributed by atoms with Crippen molar-refractivity contribution in [1.29, 1.82) is 0 Å². The van der Waals surface area contributed by atoms with Gasteiger partial charge in [0.05, 0.1) is 0 Å². The molecule has 0 N–H and O–H groups in total. The predicted molar refractivity (Wildman–Crippen MR) is 101 cm³/mol. The summed E-state index contributed by atoms with van der Waals surface area (Å²) in [6, 6.07) is 0. The molecular weight excluding hydrogens is 264 g/mol. The molecule has 0 spiro atoms. The lowest BCUT2D eigenvalue weighted by Gasteiger charge is -2.44. The van der Waals surface area contributed by atoms with Crippen LogP contribution in [0.1, 0.15) is 88.5 Å². The van der Waals surface area contributed by atoms with Crippen molar-refractivity contribution in [3.8, 4) is 0 Å². The molecule has 2 aliphatic carbocycles. The van der Waals surface area contributed by atoms with Gasteiger partial charge >= 0.3 is 0 Å². The van der Waals surface area contributed by atoms with Crippen LogP contribution in [0.4, 0.5) is 0 Å². The highest BCUT2D eigenvalue weighted by Crippen LogP contribution is 2.46. The molecule has 130 valence electrons. The third-order valence-corrected chi connectivity index (χ3v) is 7.81. The number of allylic oxidation sites excluding steroid dienone is 2. The van der Waals surface area contributed by atoms with Crippen LogP contribution in [0.25, 0.3) is 0 Å². The Kier molecular flexibility index (Phi) is 6.38. The Bertz CT molecular complexity index is 385. The van der Waals surface area contributed by atoms with E-state index in [1.807, 2.05) is 0 Å². The Hall–Kier alpha value is -0.260. The predicted octanol–water partition coefficient (Wildman–Crippen LogP) is 7.35. The van der Waals surface area contributed by atoms with Crippen LogP contribution in [0.2, 0.25) is 0 Å². The summed E-state index contributed by atoms with van der Waals surface area (Å²) in [5.74, 6) is 4.36. The zero-order valence-electron chi connectivity index (χ0n) is 17.1. The second kappa shape index (κ2) is 7.10. The van der Waals surface area contributed by atoms with Crippen molar-refractivity contribution in [2.24, 2.45) is 40.4 Å². The van der Waals surface area contributed by atoms with Crippen molar-refractivity contribution in [1.82, 2.24) is 0 Å². The molecule has 0 nitrogen and oxygen atoms in total. The molecule has 0 saturated heterocycles. The summed E-state index contributed by atoms with van der Waals surface area (Å²) in [5.41, 5.74) is 2.68. The van der Waals surface area contributed by atoms with Crippen molar-refractivity contribution in [2.45, 2.75) is 88.5 Å². The zero-order chi connectivity index (χ0) is 17.3. The summed E-state index contributed by atoms with van der Waals surface area (Å²) in [6.07, 6.45) is 6.51. The largest absolute Gasteiger partial charge is 0.0848 e. The molecule has 1 fully saturated rings. The van der Waals surface area contributed by atoms with E-state index in [-0.39, 0.29) is 0 Å². The van der Waals surface area contributed by atoms with Gasteiger partial charge in [-0.15, -0.1) is 0 Å². The summed E-state index contributed by atoms with van der Waals surface area (Å²) in [5, 5.41) is 0. The van der Waals surface area contributed by atoms with E-state index >= 15 is 0 Å². The summed E-state index contributed by atoms with van der Waals surface area (Å²) in [4.78, 5) is 0. The van der Waals surface area contributed by atoms with Gasteiger partial charge in [-0.1, -0.05) is 74.0 Å². The van der Waals surface area contributed by atoms with E-state index in [0.717, 1.165) is 29.6 Å². The lowest BCUT2D eigenvalue weighted by atomic mass is 9.61. The lowest BCUT2D eigenvalue weighted by molar-refractivity contribution is 0.0586. The Labute approximate surface area is 141 Å². The van der Waals surface area contributed by atoms with E-state index in [9.17, 15) is 0 Å². The Morgan fingerprint density at radius 1 is 0.864 bits per heavy atom. The summed E-state index contributed by atoms with van der Waals surface area (Å²) >= 11 is 0. The molecule has 0 aromatic heterocycles. The van der Waals surface area contributed by atoms with E-state index in [1.54, 1.807) is 5.57 Å². The zero-order valence-corrected chi connectivity index (χ0v) is 17.1. The summed E-state index contributed by atoms with van der Waals surface area (Å²) in [7, 11) is 0. The highest BCUT2D eigenvalue weighted by atomic mass is 14.4. The molecule has 2 rings (SSSR count). The quantitative estimate of drug-likeness (QED) is 0.410. The smallest absolute Gasteiger partial charge is 0.0204 e. The molecule has 5 atom stereocenters. The average Bonchev–Trinajstić information content (AvgIpc) is 2.45. The van der Waals surface area contributed by atoms with Crippen LogP contribution in [-0.2, 0) is 0 Å². The second-order valence-electron chi connectivity index (χ2n) is 9.87. The molecule has 0 heterocycles. The first-order chi connectivity index (χ1) is 9.90. The van der Waals surface area contributed by atoms with Crippen molar-refractivity contribution in [3.63, 3.8) is 0 Å². The molecule has 0 aromatic rings. The summed E-state index contributed by atoms with van der Waals surface area (Å²) in [6.45, 7) is 23.8. The number of hydrogen-bond acceptors (Lipinski definition) is 0. The van der Waals surface area contributed by atoms with Gasteiger partial charge in [0.25, 0.3) is 0 Å². The van der Waals surface area contributed by atoms with Crippen molar-refractivity contribution >= 4 is 0 Å². The van der Waals surface area contributed by atoms with Crippen LogP contribution in [0, 0.1) is 40.4 Å². The molecule has 0 amide bonds. The minimum absolute atomic E-state index is 0.513. The Morgan fingerprint density at radius 2 is 1.41 bits per heavy atom. The van der Waals surface area contributed by atoms with Gasteiger partial charge < -0.3 is 0 Å². The van der Waals surface area contributed by atoms with Gasteiger partial charge in [0.1, 0.15) is 0 Å². The third-order valence-electron chi connectivity index (χ3n) is 7.81. The fourth-order valence-corrected chi connectivity index (χ4v) is 4.16. The van der Waals surface area contributed by atoms with Crippen molar-refractivity contribution in [3.05, 3.63) is 11.6 Å². The van der Waals surface area contributed by atoms with Crippen LogP contribution in [0.3, 0.4) is 0 Å². The fraction of sp³-hybridized carbons (Fsp3) is 0.909. The van der Waals surface area contributed by atoms with Crippen molar-refractivity contribution < 1.29 is 0 Å². The molecule has 22 heavy (non-hydrogen) atoms. The van der Waals surface area contributed by atoms with Crippen molar-refractivity contribution in [2.75, 3.05) is 0 Å². The van der Waals surface area contributed by atoms with Gasteiger partial charge in [-0.2, -0.15) is 0 Å². The summed E-state index contributed by atoms with van der Waals surface area (Å²) < 4.78 is 0. The molecule has 0 aliphatic heterocycles. The van der Waals surface area contributed by atoms with Crippen LogP contribution in [0.15, 0.2) is 11.6 Å². The van der Waals surface area contributed by atoms with E-state index in [2.05, 4.69) is 75.3 Å². The molecule has 0 bridgehead atoms. The van der Waals surface area contributed by atoms with Gasteiger partial charge in [-0.3, -0.25) is 0 Å². The number of rotatable bonds is 0. The van der Waals surface area contributed by atoms with Crippen LogP contribution in [0.5, 0.6) is 0 Å². The molecule has 2 aliphatic rings. The Balaban J connectivity index is 0.000000220. The van der Waals surface area contributed by atoms with Crippen LogP contribution < -0.4 is 0 Å². The van der Waals surface area contributed by atoms with Gasteiger partial charge in [0.15, 0.2) is 0 Å². The first kappa shape index (κ1) is 19.8. The van der Waals surface area contributed by atoms with Crippen LogP contribution >= 0.6 is 0 Å². The van der Waals surface area contributed by atoms with E-state index < -0.39 is 0 Å². The molecular formula is C22H42. The molecule has 5 unspecified atom stereocenters. The second-order valence-corrected chi connectivity index (χ2v) is 9.87. The molecule has 1 saturated carbocycles. The fourth-order valence-electron chi connectivity index (χ4n) is 4.16. The molecule has 0 radical (unpaired) electrons. The van der Waals surface area contributed by atoms with Gasteiger partial charge in [0.2, 0.25) is 0 Å². The maximum Gasteiger partial charge on any atom is -0.0204 e. The van der Waals surface area contributed by atoms with E-state index in [0.29, 0.717) is 10.8 Å². The van der Waals surface area contributed by atoms with Gasteiger partial charge in [-0.25, -0.2) is 0 Å². The van der Waals surface area contributed by atoms with Crippen LogP contribution in [-0.4, -0.2) is 0 Å². The molecule has 0 heteroatoms. The highest BCUT2D eigenvalue weighted by molar-refractivity contribution is 5.11. The Morgan fingerprint density at radius 3 is 1.86 bits per heavy atom.